The Morgan fingerprint density at radius 2 is 1.83 bits per heavy atom. The molecule has 0 bridgehead atoms. The first kappa shape index (κ1) is 23.6. The van der Waals surface area contributed by atoms with E-state index in [2.05, 4.69) is 5.32 Å². The zero-order valence-electron chi connectivity index (χ0n) is 18.6. The third-order valence-electron chi connectivity index (χ3n) is 6.37. The van der Waals surface area contributed by atoms with E-state index in [0.717, 1.165) is 0 Å². The molecule has 2 saturated heterocycles. The van der Waals surface area contributed by atoms with E-state index in [0.29, 0.717) is 22.1 Å². The number of nitrogens with zero attached hydrogens (tertiary/aromatic N) is 3. The van der Waals surface area contributed by atoms with Gasteiger partial charge in [-0.05, 0) is 36.4 Å². The van der Waals surface area contributed by atoms with Gasteiger partial charge in [0.05, 0.1) is 16.5 Å². The first-order valence-electron chi connectivity index (χ1n) is 11.1. The van der Waals surface area contributed by atoms with Gasteiger partial charge in [0.25, 0.3) is 5.91 Å². The van der Waals surface area contributed by atoms with Gasteiger partial charge in [0.2, 0.25) is 21.8 Å². The number of halogens is 1. The van der Waals surface area contributed by atoms with Crippen LogP contribution in [0.2, 0.25) is 5.02 Å². The third-order valence-corrected chi connectivity index (χ3v) is 8.50. The van der Waals surface area contributed by atoms with Crippen molar-refractivity contribution in [2.45, 2.75) is 11.3 Å². The van der Waals surface area contributed by atoms with Crippen molar-refractivity contribution in [3.63, 3.8) is 0 Å². The lowest BCUT2D eigenvalue weighted by molar-refractivity contribution is -0.137. The predicted molar refractivity (Wildman–Crippen MR) is 128 cm³/mol. The molecule has 10 nitrogen and oxygen atoms in total. The average Bonchev–Trinajstić information content (AvgIpc) is 3.24. The Kier molecular flexibility index (Phi) is 6.16. The summed E-state index contributed by atoms with van der Waals surface area (Å²) < 4.78 is 32.9. The number of rotatable bonds is 4. The van der Waals surface area contributed by atoms with Crippen molar-refractivity contribution in [1.82, 2.24) is 9.21 Å². The van der Waals surface area contributed by atoms with E-state index in [-0.39, 0.29) is 68.4 Å². The number of carbonyl (C=O) groups is 3. The molecule has 0 saturated carbocycles. The van der Waals surface area contributed by atoms with E-state index < -0.39 is 15.9 Å². The number of benzene rings is 2. The molecule has 3 aliphatic rings. The topological polar surface area (TPSA) is 116 Å². The number of carbonyl (C=O) groups excluding carboxylic acids is 3. The molecule has 2 fully saturated rings. The highest BCUT2D eigenvalue weighted by molar-refractivity contribution is 7.89. The molecule has 0 unspecified atom stereocenters. The van der Waals surface area contributed by atoms with Crippen LogP contribution in [0.3, 0.4) is 0 Å². The molecule has 0 aliphatic carbocycles. The molecular weight excluding hydrogens is 496 g/mol. The molecule has 35 heavy (non-hydrogen) atoms. The highest BCUT2D eigenvalue weighted by Crippen LogP contribution is 2.32. The lowest BCUT2D eigenvalue weighted by Gasteiger charge is -2.35. The molecule has 184 valence electrons. The molecule has 0 spiro atoms. The van der Waals surface area contributed by atoms with Gasteiger partial charge >= 0.3 is 0 Å². The number of sulfonamides is 1. The number of fused-ring (bicyclic) bond motifs is 1. The van der Waals surface area contributed by atoms with E-state index >= 15 is 0 Å². The van der Waals surface area contributed by atoms with Crippen molar-refractivity contribution in [2.24, 2.45) is 5.92 Å². The molecule has 3 amide bonds. The Balaban J connectivity index is 1.22. The molecule has 0 aromatic heterocycles. The monoisotopic (exact) mass is 518 g/mol. The van der Waals surface area contributed by atoms with Crippen LogP contribution < -0.4 is 15.0 Å². The van der Waals surface area contributed by atoms with Crippen LogP contribution in [-0.4, -0.2) is 74.7 Å². The number of amides is 3. The van der Waals surface area contributed by atoms with Crippen LogP contribution in [0, 0.1) is 5.92 Å². The number of hydrogen-bond donors (Lipinski definition) is 1. The van der Waals surface area contributed by atoms with Crippen molar-refractivity contribution in [3.05, 3.63) is 47.5 Å². The molecule has 2 aromatic rings. The Hall–Kier alpha value is -3.15. The highest BCUT2D eigenvalue weighted by atomic mass is 35.5. The van der Waals surface area contributed by atoms with Gasteiger partial charge in [-0.2, -0.15) is 4.31 Å². The molecule has 5 rings (SSSR count). The maximum Gasteiger partial charge on any atom is 0.262 e. The summed E-state index contributed by atoms with van der Waals surface area (Å²) in [5.41, 5.74) is 0.964. The minimum atomic E-state index is -3.83. The van der Waals surface area contributed by atoms with Crippen LogP contribution in [0.1, 0.15) is 6.42 Å². The zero-order valence-corrected chi connectivity index (χ0v) is 20.2. The van der Waals surface area contributed by atoms with Crippen molar-refractivity contribution in [1.29, 1.82) is 0 Å². The third kappa shape index (κ3) is 4.58. The minimum Gasteiger partial charge on any atom is -0.482 e. The second kappa shape index (κ2) is 9.14. The van der Waals surface area contributed by atoms with E-state index in [4.69, 9.17) is 16.3 Å². The van der Waals surface area contributed by atoms with Gasteiger partial charge in [-0.1, -0.05) is 17.7 Å². The van der Waals surface area contributed by atoms with Gasteiger partial charge in [0.15, 0.2) is 6.61 Å². The molecular formula is C23H23ClN4O6S. The van der Waals surface area contributed by atoms with Crippen LogP contribution in [-0.2, 0) is 24.4 Å². The van der Waals surface area contributed by atoms with E-state index in [1.165, 1.54) is 22.5 Å². The maximum absolute atomic E-state index is 13.2. The summed E-state index contributed by atoms with van der Waals surface area (Å²) in [5, 5.41) is 3.12. The van der Waals surface area contributed by atoms with Gasteiger partial charge in [-0.3, -0.25) is 14.4 Å². The quantitative estimate of drug-likeness (QED) is 0.656. The summed E-state index contributed by atoms with van der Waals surface area (Å²) in [6.07, 6.45) is 0.104. The largest absolute Gasteiger partial charge is 0.482 e. The first-order chi connectivity index (χ1) is 16.7. The average molecular weight is 519 g/mol. The SMILES string of the molecule is O=C1COc2ccc(S(=O)(=O)N3CCN(C(=O)[C@@H]4CC(=O)N(c5cccc(Cl)c5)C4)CC3)cc2N1. The summed E-state index contributed by atoms with van der Waals surface area (Å²) in [6.45, 7) is 0.868. The number of piperazine rings is 1. The fraction of sp³-hybridized carbons (Fsp3) is 0.348. The van der Waals surface area contributed by atoms with Crippen molar-refractivity contribution in [3.8, 4) is 5.75 Å². The lowest BCUT2D eigenvalue weighted by Crippen LogP contribution is -2.52. The van der Waals surface area contributed by atoms with Crippen molar-refractivity contribution < 1.29 is 27.5 Å². The van der Waals surface area contributed by atoms with E-state index in [1.54, 1.807) is 34.1 Å². The normalized spacial score (nSPS) is 20.9. The van der Waals surface area contributed by atoms with Crippen molar-refractivity contribution >= 4 is 50.7 Å². The van der Waals surface area contributed by atoms with Crippen LogP contribution in [0.5, 0.6) is 5.75 Å². The molecule has 3 heterocycles. The fourth-order valence-corrected chi connectivity index (χ4v) is 6.18. The molecule has 3 aliphatic heterocycles. The minimum absolute atomic E-state index is 0.0420. The summed E-state index contributed by atoms with van der Waals surface area (Å²) in [7, 11) is -3.83. The van der Waals surface area contributed by atoms with Crippen LogP contribution in [0.15, 0.2) is 47.4 Å². The lowest BCUT2D eigenvalue weighted by atomic mass is 10.1. The molecule has 1 N–H and O–H groups in total. The molecule has 12 heteroatoms. The van der Waals surface area contributed by atoms with Gasteiger partial charge in [-0.15, -0.1) is 0 Å². The summed E-state index contributed by atoms with van der Waals surface area (Å²) in [6, 6.07) is 11.3. The van der Waals surface area contributed by atoms with Gasteiger partial charge in [0.1, 0.15) is 5.75 Å². The second-order valence-electron chi connectivity index (χ2n) is 8.61. The Morgan fingerprint density at radius 3 is 2.57 bits per heavy atom. The zero-order chi connectivity index (χ0) is 24.7. The van der Waals surface area contributed by atoms with Crippen LogP contribution in [0.4, 0.5) is 11.4 Å². The van der Waals surface area contributed by atoms with E-state index in [9.17, 15) is 22.8 Å². The fourth-order valence-electron chi connectivity index (χ4n) is 4.55. The summed E-state index contributed by atoms with van der Waals surface area (Å²) >= 11 is 6.04. The molecule has 1 atom stereocenters. The van der Waals surface area contributed by atoms with Crippen LogP contribution >= 0.6 is 11.6 Å². The Labute approximate surface area is 207 Å². The number of nitrogens with one attached hydrogen (secondary N) is 1. The Morgan fingerprint density at radius 1 is 1.06 bits per heavy atom. The first-order valence-corrected chi connectivity index (χ1v) is 13.0. The summed E-state index contributed by atoms with van der Waals surface area (Å²) in [4.78, 5) is 40.4. The second-order valence-corrected chi connectivity index (χ2v) is 11.0. The number of anilines is 2. The predicted octanol–water partition coefficient (Wildman–Crippen LogP) is 1.56. The standard InChI is InChI=1S/C23H23ClN4O6S/c24-16-2-1-3-17(11-16)28-13-15(10-22(28)30)23(31)26-6-8-27(9-7-26)35(32,33)18-4-5-20-19(12-18)25-21(29)14-34-20/h1-5,11-12,15H,6-10,13-14H2,(H,25,29)/t15-/m1/s1. The van der Waals surface area contributed by atoms with E-state index in [1.807, 2.05) is 0 Å². The Bertz CT molecular complexity index is 1310. The molecule has 0 radical (unpaired) electrons. The van der Waals surface area contributed by atoms with Crippen molar-refractivity contribution in [2.75, 3.05) is 49.5 Å². The summed E-state index contributed by atoms with van der Waals surface area (Å²) in [5.74, 6) is -0.729. The molecule has 2 aromatic carbocycles. The number of ether oxygens (including phenoxy) is 1. The number of hydrogen-bond acceptors (Lipinski definition) is 6. The van der Waals surface area contributed by atoms with Crippen LogP contribution in [0.25, 0.3) is 0 Å². The highest BCUT2D eigenvalue weighted by Gasteiger charge is 2.39. The van der Waals surface area contributed by atoms with Gasteiger partial charge in [-0.25, -0.2) is 8.42 Å². The van der Waals surface area contributed by atoms with Gasteiger partial charge < -0.3 is 19.9 Å². The van der Waals surface area contributed by atoms with Gasteiger partial charge in [0, 0.05) is 49.9 Å². The maximum atomic E-state index is 13.2. The smallest absolute Gasteiger partial charge is 0.262 e.